The van der Waals surface area contributed by atoms with Crippen LogP contribution in [0.2, 0.25) is 0 Å². The van der Waals surface area contributed by atoms with Gasteiger partial charge in [-0.3, -0.25) is 14.5 Å². The first-order chi connectivity index (χ1) is 8.22. The first-order valence-electron chi connectivity index (χ1n) is 6.18. The van der Waals surface area contributed by atoms with Crippen LogP contribution in [0, 0.1) is 5.92 Å². The summed E-state index contributed by atoms with van der Waals surface area (Å²) in [6.07, 6.45) is 8.03. The molecule has 2 rings (SSSR count). The highest BCUT2D eigenvalue weighted by molar-refractivity contribution is 8.18. The summed E-state index contributed by atoms with van der Waals surface area (Å²) in [5, 5.41) is -0.178. The number of rotatable bonds is 3. The molecule has 0 aromatic heterocycles. The van der Waals surface area contributed by atoms with Crippen LogP contribution < -0.4 is 5.73 Å². The van der Waals surface area contributed by atoms with E-state index >= 15 is 0 Å². The second-order valence-corrected chi connectivity index (χ2v) is 5.54. The van der Waals surface area contributed by atoms with E-state index in [0.717, 1.165) is 24.6 Å². The Labute approximate surface area is 106 Å². The SMILES string of the molecule is NCCN1C(=O)S/C(=C/C2CCCCC2)C1=O. The molecular weight excluding hydrogens is 236 g/mol. The first kappa shape index (κ1) is 12.6. The number of hydrogen-bond donors (Lipinski definition) is 1. The van der Waals surface area contributed by atoms with Crippen molar-refractivity contribution < 1.29 is 9.59 Å². The molecule has 2 amide bonds. The molecule has 1 aliphatic carbocycles. The second kappa shape index (κ2) is 5.69. The lowest BCUT2D eigenvalue weighted by molar-refractivity contribution is -0.122. The molecule has 0 aromatic carbocycles. The van der Waals surface area contributed by atoms with Crippen LogP contribution in [-0.2, 0) is 4.79 Å². The van der Waals surface area contributed by atoms with Gasteiger partial charge in [0.25, 0.3) is 11.1 Å². The minimum Gasteiger partial charge on any atom is -0.329 e. The number of imide groups is 1. The molecule has 2 aliphatic rings. The van der Waals surface area contributed by atoms with Crippen LogP contribution in [0.5, 0.6) is 0 Å². The van der Waals surface area contributed by atoms with Gasteiger partial charge in [0.15, 0.2) is 0 Å². The molecule has 1 aliphatic heterocycles. The number of carbonyl (C=O) groups excluding carboxylic acids is 2. The van der Waals surface area contributed by atoms with Gasteiger partial charge in [-0.15, -0.1) is 0 Å². The molecule has 1 saturated carbocycles. The summed E-state index contributed by atoms with van der Waals surface area (Å²) >= 11 is 1.06. The van der Waals surface area contributed by atoms with E-state index in [9.17, 15) is 9.59 Å². The molecule has 1 heterocycles. The van der Waals surface area contributed by atoms with Crippen LogP contribution in [0.1, 0.15) is 32.1 Å². The van der Waals surface area contributed by atoms with Gasteiger partial charge in [-0.05, 0) is 30.5 Å². The zero-order chi connectivity index (χ0) is 12.3. The molecule has 17 heavy (non-hydrogen) atoms. The highest BCUT2D eigenvalue weighted by Gasteiger charge is 2.34. The third-order valence-electron chi connectivity index (χ3n) is 3.26. The van der Waals surface area contributed by atoms with Gasteiger partial charge in [-0.2, -0.15) is 0 Å². The van der Waals surface area contributed by atoms with Crippen molar-refractivity contribution >= 4 is 22.9 Å². The summed E-state index contributed by atoms with van der Waals surface area (Å²) in [4.78, 5) is 25.4. The van der Waals surface area contributed by atoms with Crippen LogP contribution >= 0.6 is 11.8 Å². The molecule has 0 bridgehead atoms. The standard InChI is InChI=1S/C12H18N2O2S/c13-6-7-14-11(15)10(17-12(14)16)8-9-4-2-1-3-5-9/h8-9H,1-7,13H2/b10-8+. The molecule has 0 unspecified atom stereocenters. The van der Waals surface area contributed by atoms with Gasteiger partial charge in [0, 0.05) is 13.1 Å². The van der Waals surface area contributed by atoms with Gasteiger partial charge < -0.3 is 5.73 Å². The smallest absolute Gasteiger partial charge is 0.293 e. The molecule has 94 valence electrons. The fraction of sp³-hybridized carbons (Fsp3) is 0.667. The van der Waals surface area contributed by atoms with Gasteiger partial charge in [-0.1, -0.05) is 25.3 Å². The summed E-state index contributed by atoms with van der Waals surface area (Å²) in [6, 6.07) is 0. The summed E-state index contributed by atoms with van der Waals surface area (Å²) < 4.78 is 0. The molecule has 0 radical (unpaired) electrons. The van der Waals surface area contributed by atoms with Crippen molar-refractivity contribution in [2.75, 3.05) is 13.1 Å². The van der Waals surface area contributed by atoms with Crippen molar-refractivity contribution in [1.29, 1.82) is 0 Å². The number of carbonyl (C=O) groups is 2. The van der Waals surface area contributed by atoms with Crippen molar-refractivity contribution in [2.45, 2.75) is 32.1 Å². The van der Waals surface area contributed by atoms with Crippen LogP contribution in [0.25, 0.3) is 0 Å². The number of hydrogen-bond acceptors (Lipinski definition) is 4. The van der Waals surface area contributed by atoms with E-state index in [1.807, 2.05) is 6.08 Å². The van der Waals surface area contributed by atoms with E-state index in [4.69, 9.17) is 5.73 Å². The van der Waals surface area contributed by atoms with Gasteiger partial charge in [0.1, 0.15) is 0 Å². The zero-order valence-electron chi connectivity index (χ0n) is 9.85. The van der Waals surface area contributed by atoms with E-state index in [2.05, 4.69) is 0 Å². The zero-order valence-corrected chi connectivity index (χ0v) is 10.7. The van der Waals surface area contributed by atoms with Crippen molar-refractivity contribution in [3.63, 3.8) is 0 Å². The Hall–Kier alpha value is -0.810. The number of allylic oxidation sites excluding steroid dienone is 1. The Bertz CT molecular complexity index is 348. The molecular formula is C12H18N2O2S. The van der Waals surface area contributed by atoms with Gasteiger partial charge >= 0.3 is 0 Å². The van der Waals surface area contributed by atoms with E-state index < -0.39 is 0 Å². The number of nitrogens with two attached hydrogens (primary N) is 1. The largest absolute Gasteiger partial charge is 0.329 e. The Kier molecular flexibility index (Phi) is 4.23. The topological polar surface area (TPSA) is 63.4 Å². The molecule has 5 heteroatoms. The molecule has 2 fully saturated rings. The second-order valence-electron chi connectivity index (χ2n) is 4.54. The van der Waals surface area contributed by atoms with Crippen molar-refractivity contribution in [3.8, 4) is 0 Å². The molecule has 2 N–H and O–H groups in total. The Morgan fingerprint density at radius 1 is 1.29 bits per heavy atom. The predicted molar refractivity (Wildman–Crippen MR) is 68.4 cm³/mol. The van der Waals surface area contributed by atoms with Crippen molar-refractivity contribution in [2.24, 2.45) is 11.7 Å². The average molecular weight is 254 g/mol. The van der Waals surface area contributed by atoms with Gasteiger partial charge in [0.2, 0.25) is 0 Å². The van der Waals surface area contributed by atoms with Crippen molar-refractivity contribution in [3.05, 3.63) is 11.0 Å². The quantitative estimate of drug-likeness (QED) is 0.783. The third-order valence-corrected chi connectivity index (χ3v) is 4.19. The van der Waals surface area contributed by atoms with E-state index in [0.29, 0.717) is 23.9 Å². The third kappa shape index (κ3) is 2.90. The maximum Gasteiger partial charge on any atom is 0.293 e. The highest BCUT2D eigenvalue weighted by Crippen LogP contribution is 2.34. The van der Waals surface area contributed by atoms with Crippen molar-refractivity contribution in [1.82, 2.24) is 4.90 Å². The highest BCUT2D eigenvalue weighted by atomic mass is 32.2. The molecule has 0 spiro atoms. The molecule has 0 atom stereocenters. The Morgan fingerprint density at radius 2 is 2.00 bits per heavy atom. The van der Waals surface area contributed by atoms with Crippen LogP contribution in [-0.4, -0.2) is 29.1 Å². The predicted octanol–water partition coefficient (Wildman–Crippen LogP) is 2.10. The molecule has 4 nitrogen and oxygen atoms in total. The lowest BCUT2D eigenvalue weighted by atomic mass is 9.89. The molecule has 1 saturated heterocycles. The normalized spacial score (nSPS) is 25.0. The Morgan fingerprint density at radius 3 is 2.65 bits per heavy atom. The fourth-order valence-electron chi connectivity index (χ4n) is 2.35. The maximum absolute atomic E-state index is 11.9. The monoisotopic (exact) mass is 254 g/mol. The Balaban J connectivity index is 2.04. The van der Waals surface area contributed by atoms with Crippen LogP contribution in [0.4, 0.5) is 4.79 Å². The lowest BCUT2D eigenvalue weighted by Crippen LogP contribution is -2.33. The van der Waals surface area contributed by atoms with E-state index in [-0.39, 0.29) is 11.1 Å². The van der Waals surface area contributed by atoms with Crippen LogP contribution in [0.15, 0.2) is 11.0 Å². The molecule has 0 aromatic rings. The first-order valence-corrected chi connectivity index (χ1v) is 6.99. The average Bonchev–Trinajstić information content (AvgIpc) is 2.59. The summed E-state index contributed by atoms with van der Waals surface area (Å²) in [7, 11) is 0. The maximum atomic E-state index is 11.9. The van der Waals surface area contributed by atoms with Gasteiger partial charge in [0.05, 0.1) is 4.91 Å². The minimum absolute atomic E-state index is 0.156. The minimum atomic E-state index is -0.178. The summed E-state index contributed by atoms with van der Waals surface area (Å²) in [5.41, 5.74) is 5.39. The summed E-state index contributed by atoms with van der Waals surface area (Å²) in [6.45, 7) is 0.654. The van der Waals surface area contributed by atoms with E-state index in [1.165, 1.54) is 24.2 Å². The number of amides is 2. The van der Waals surface area contributed by atoms with Crippen LogP contribution in [0.3, 0.4) is 0 Å². The fourth-order valence-corrected chi connectivity index (χ4v) is 3.28. The summed E-state index contributed by atoms with van der Waals surface area (Å²) in [5.74, 6) is 0.317. The number of nitrogens with zero attached hydrogens (tertiary/aromatic N) is 1. The number of thioether (sulfide) groups is 1. The van der Waals surface area contributed by atoms with E-state index in [1.54, 1.807) is 0 Å². The van der Waals surface area contributed by atoms with Gasteiger partial charge in [-0.25, -0.2) is 0 Å². The lowest BCUT2D eigenvalue weighted by Gasteiger charge is -2.18.